The number of pyridine rings is 1. The Morgan fingerprint density at radius 2 is 2.00 bits per heavy atom. The molecule has 0 radical (unpaired) electrons. The van der Waals surface area contributed by atoms with Crippen molar-refractivity contribution < 1.29 is 4.79 Å². The van der Waals surface area contributed by atoms with E-state index in [1.165, 1.54) is 0 Å². The maximum atomic E-state index is 12.4. The molecular formula is C17H16ClN3O. The van der Waals surface area contributed by atoms with Crippen LogP contribution in [0.1, 0.15) is 5.56 Å². The molecule has 1 saturated heterocycles. The Morgan fingerprint density at radius 3 is 2.77 bits per heavy atom. The SMILES string of the molecule is O=C1N(C/C=C/c2cccc(Cl)c2)CCN1c1ccncc1. The lowest BCUT2D eigenvalue weighted by molar-refractivity contribution is 0.225. The average molecular weight is 314 g/mol. The number of carbonyl (C=O) groups excluding carboxylic acids is 1. The number of hydrogen-bond acceptors (Lipinski definition) is 2. The summed E-state index contributed by atoms with van der Waals surface area (Å²) >= 11 is 5.95. The van der Waals surface area contributed by atoms with E-state index in [2.05, 4.69) is 4.98 Å². The maximum absolute atomic E-state index is 12.4. The first kappa shape index (κ1) is 14.6. The highest BCUT2D eigenvalue weighted by atomic mass is 35.5. The number of carbonyl (C=O) groups is 1. The predicted molar refractivity (Wildman–Crippen MR) is 89.0 cm³/mol. The molecule has 2 amide bonds. The summed E-state index contributed by atoms with van der Waals surface area (Å²) in [5.41, 5.74) is 1.92. The highest BCUT2D eigenvalue weighted by Crippen LogP contribution is 2.19. The Balaban J connectivity index is 1.61. The summed E-state index contributed by atoms with van der Waals surface area (Å²) in [6, 6.07) is 11.4. The van der Waals surface area contributed by atoms with E-state index in [4.69, 9.17) is 11.6 Å². The molecule has 1 aromatic heterocycles. The molecule has 0 bridgehead atoms. The molecular weight excluding hydrogens is 298 g/mol. The molecule has 4 nitrogen and oxygen atoms in total. The van der Waals surface area contributed by atoms with E-state index in [1.54, 1.807) is 17.3 Å². The van der Waals surface area contributed by atoms with Crippen LogP contribution in [-0.2, 0) is 0 Å². The van der Waals surface area contributed by atoms with Crippen molar-refractivity contribution in [3.63, 3.8) is 0 Å². The zero-order valence-electron chi connectivity index (χ0n) is 12.0. The molecule has 2 aromatic rings. The van der Waals surface area contributed by atoms with Gasteiger partial charge >= 0.3 is 6.03 Å². The molecule has 5 heteroatoms. The molecule has 0 N–H and O–H groups in total. The summed E-state index contributed by atoms with van der Waals surface area (Å²) < 4.78 is 0. The van der Waals surface area contributed by atoms with Crippen LogP contribution in [0, 0.1) is 0 Å². The van der Waals surface area contributed by atoms with Gasteiger partial charge in [0.25, 0.3) is 0 Å². The number of halogens is 1. The summed E-state index contributed by atoms with van der Waals surface area (Å²) in [6.07, 6.45) is 7.36. The second-order valence-electron chi connectivity index (χ2n) is 5.04. The van der Waals surface area contributed by atoms with Crippen LogP contribution in [0.3, 0.4) is 0 Å². The molecule has 1 aromatic carbocycles. The van der Waals surface area contributed by atoms with Gasteiger partial charge in [-0.3, -0.25) is 9.88 Å². The standard InChI is InChI=1S/C17H16ClN3O/c18-15-5-1-3-14(13-15)4-2-10-20-11-12-21(17(20)22)16-6-8-19-9-7-16/h1-9,13H,10-12H2/b4-2+. The quantitative estimate of drug-likeness (QED) is 0.863. The Hall–Kier alpha value is -2.33. The Kier molecular flexibility index (Phi) is 4.39. The van der Waals surface area contributed by atoms with Gasteiger partial charge in [-0.05, 0) is 29.8 Å². The van der Waals surface area contributed by atoms with Crippen LogP contribution in [-0.4, -0.2) is 35.5 Å². The van der Waals surface area contributed by atoms with Crippen LogP contribution in [0.5, 0.6) is 0 Å². The fourth-order valence-corrected chi connectivity index (χ4v) is 2.64. The molecule has 22 heavy (non-hydrogen) atoms. The number of benzene rings is 1. The lowest BCUT2D eigenvalue weighted by Gasteiger charge is -2.17. The van der Waals surface area contributed by atoms with Crippen LogP contribution in [0.4, 0.5) is 10.5 Å². The zero-order chi connectivity index (χ0) is 15.4. The van der Waals surface area contributed by atoms with E-state index in [0.29, 0.717) is 18.1 Å². The lowest BCUT2D eigenvalue weighted by Crippen LogP contribution is -2.31. The van der Waals surface area contributed by atoms with E-state index in [0.717, 1.165) is 17.8 Å². The molecule has 3 rings (SSSR count). The van der Waals surface area contributed by atoms with Gasteiger partial charge in [0.2, 0.25) is 0 Å². The van der Waals surface area contributed by atoms with Gasteiger partial charge in [-0.25, -0.2) is 4.79 Å². The Labute approximate surface area is 134 Å². The highest BCUT2D eigenvalue weighted by molar-refractivity contribution is 6.30. The van der Waals surface area contributed by atoms with E-state index in [1.807, 2.05) is 53.5 Å². The summed E-state index contributed by atoms with van der Waals surface area (Å²) in [6.45, 7) is 2.02. The second kappa shape index (κ2) is 6.62. The minimum atomic E-state index is 0.0296. The van der Waals surface area contributed by atoms with E-state index in [-0.39, 0.29) is 6.03 Å². The van der Waals surface area contributed by atoms with Gasteiger partial charge in [0, 0.05) is 42.7 Å². The van der Waals surface area contributed by atoms with Crippen molar-refractivity contribution in [1.29, 1.82) is 0 Å². The van der Waals surface area contributed by atoms with E-state index >= 15 is 0 Å². The first-order chi connectivity index (χ1) is 10.7. The van der Waals surface area contributed by atoms with Gasteiger partial charge in [-0.2, -0.15) is 0 Å². The van der Waals surface area contributed by atoms with Gasteiger partial charge in [-0.15, -0.1) is 0 Å². The summed E-state index contributed by atoms with van der Waals surface area (Å²) in [7, 11) is 0. The largest absolute Gasteiger partial charge is 0.324 e. The molecule has 1 aliphatic heterocycles. The Morgan fingerprint density at radius 1 is 1.18 bits per heavy atom. The number of aromatic nitrogens is 1. The molecule has 2 heterocycles. The first-order valence-electron chi connectivity index (χ1n) is 7.12. The van der Waals surface area contributed by atoms with Crippen molar-refractivity contribution in [3.8, 4) is 0 Å². The molecule has 0 unspecified atom stereocenters. The van der Waals surface area contributed by atoms with Crippen LogP contribution in [0.15, 0.2) is 54.9 Å². The molecule has 1 fully saturated rings. The first-order valence-corrected chi connectivity index (χ1v) is 7.50. The zero-order valence-corrected chi connectivity index (χ0v) is 12.8. The lowest BCUT2D eigenvalue weighted by atomic mass is 10.2. The highest BCUT2D eigenvalue weighted by Gasteiger charge is 2.28. The monoisotopic (exact) mass is 313 g/mol. The van der Waals surface area contributed by atoms with Crippen molar-refractivity contribution in [3.05, 3.63) is 65.5 Å². The number of urea groups is 1. The summed E-state index contributed by atoms with van der Waals surface area (Å²) in [5, 5.41) is 0.711. The van der Waals surface area contributed by atoms with Crippen molar-refractivity contribution in [1.82, 2.24) is 9.88 Å². The van der Waals surface area contributed by atoms with Crippen LogP contribution < -0.4 is 4.90 Å². The van der Waals surface area contributed by atoms with Gasteiger partial charge in [0.05, 0.1) is 0 Å². The normalized spacial score (nSPS) is 15.0. The molecule has 1 aliphatic rings. The summed E-state index contributed by atoms with van der Waals surface area (Å²) in [5.74, 6) is 0. The topological polar surface area (TPSA) is 36.4 Å². The third-order valence-corrected chi connectivity index (χ3v) is 3.79. The fourth-order valence-electron chi connectivity index (χ4n) is 2.44. The van der Waals surface area contributed by atoms with E-state index in [9.17, 15) is 4.79 Å². The Bertz CT molecular complexity index is 687. The van der Waals surface area contributed by atoms with Crippen molar-refractivity contribution in [2.75, 3.05) is 24.5 Å². The van der Waals surface area contributed by atoms with Gasteiger partial charge < -0.3 is 4.90 Å². The molecule has 0 saturated carbocycles. The van der Waals surface area contributed by atoms with Gasteiger partial charge in [0.15, 0.2) is 0 Å². The number of nitrogens with zero attached hydrogens (tertiary/aromatic N) is 3. The van der Waals surface area contributed by atoms with Crippen molar-refractivity contribution >= 4 is 29.4 Å². The minimum absolute atomic E-state index is 0.0296. The van der Waals surface area contributed by atoms with Crippen molar-refractivity contribution in [2.24, 2.45) is 0 Å². The number of amides is 2. The third-order valence-electron chi connectivity index (χ3n) is 3.55. The number of anilines is 1. The van der Waals surface area contributed by atoms with Crippen molar-refractivity contribution in [2.45, 2.75) is 0 Å². The van der Waals surface area contributed by atoms with Gasteiger partial charge in [-0.1, -0.05) is 35.9 Å². The summed E-state index contributed by atoms with van der Waals surface area (Å²) in [4.78, 5) is 20.0. The minimum Gasteiger partial charge on any atom is -0.319 e. The molecule has 112 valence electrons. The molecule has 0 atom stereocenters. The fraction of sp³-hybridized carbons (Fsp3) is 0.176. The predicted octanol–water partition coefficient (Wildman–Crippen LogP) is 3.69. The smallest absolute Gasteiger partial charge is 0.319 e. The van der Waals surface area contributed by atoms with Crippen LogP contribution in [0.25, 0.3) is 6.08 Å². The molecule has 0 aliphatic carbocycles. The molecule has 0 spiro atoms. The number of hydrogen-bond donors (Lipinski definition) is 0. The number of rotatable bonds is 4. The van der Waals surface area contributed by atoms with E-state index < -0.39 is 0 Å². The van der Waals surface area contributed by atoms with Crippen LogP contribution >= 0.6 is 11.6 Å². The maximum Gasteiger partial charge on any atom is 0.324 e. The second-order valence-corrected chi connectivity index (χ2v) is 5.48. The average Bonchev–Trinajstić information content (AvgIpc) is 2.89. The third kappa shape index (κ3) is 3.28. The van der Waals surface area contributed by atoms with Gasteiger partial charge in [0.1, 0.15) is 0 Å². The van der Waals surface area contributed by atoms with Crippen LogP contribution in [0.2, 0.25) is 5.02 Å².